The lowest BCUT2D eigenvalue weighted by atomic mass is 10.3. The minimum Gasteiger partial charge on any atom is -0.307 e. The van der Waals surface area contributed by atoms with Gasteiger partial charge in [0.05, 0.1) is 5.69 Å². The van der Waals surface area contributed by atoms with Gasteiger partial charge < -0.3 is 8.97 Å². The molecule has 23 heavy (non-hydrogen) atoms. The minimum absolute atomic E-state index is 0.774. The summed E-state index contributed by atoms with van der Waals surface area (Å²) in [5, 5.41) is 11.7. The summed E-state index contributed by atoms with van der Waals surface area (Å²) >= 11 is 3.38. The lowest BCUT2D eigenvalue weighted by Crippen LogP contribution is -1.94. The second-order valence-corrected chi connectivity index (χ2v) is 7.36. The van der Waals surface area contributed by atoms with Gasteiger partial charge in [-0.3, -0.25) is 0 Å². The van der Waals surface area contributed by atoms with Crippen molar-refractivity contribution in [1.82, 2.24) is 24.1 Å². The van der Waals surface area contributed by atoms with Gasteiger partial charge in [-0.25, -0.2) is 4.98 Å². The monoisotopic (exact) mass is 341 g/mol. The van der Waals surface area contributed by atoms with Gasteiger partial charge in [-0.15, -0.1) is 21.5 Å². The van der Waals surface area contributed by atoms with Crippen molar-refractivity contribution in [3.05, 3.63) is 52.6 Å². The van der Waals surface area contributed by atoms with E-state index in [0.717, 1.165) is 33.6 Å². The highest BCUT2D eigenvalue weighted by Gasteiger charge is 2.13. The molecular formula is C16H15N5S2. The number of fused-ring (bicyclic) bond motifs is 1. The Kier molecular flexibility index (Phi) is 3.66. The summed E-state index contributed by atoms with van der Waals surface area (Å²) in [4.78, 5) is 5.89. The van der Waals surface area contributed by atoms with Crippen LogP contribution in [0.2, 0.25) is 0 Å². The number of pyridine rings is 1. The number of aryl methyl sites for hydroxylation is 1. The van der Waals surface area contributed by atoms with Crippen molar-refractivity contribution in [2.75, 3.05) is 0 Å². The molecule has 0 saturated carbocycles. The molecule has 116 valence electrons. The first-order valence-electron chi connectivity index (χ1n) is 7.21. The van der Waals surface area contributed by atoms with Gasteiger partial charge in [-0.1, -0.05) is 17.8 Å². The number of thioether (sulfide) groups is 1. The Hall–Kier alpha value is -2.12. The number of aromatic nitrogens is 5. The van der Waals surface area contributed by atoms with E-state index in [4.69, 9.17) is 0 Å². The molecule has 0 bridgehead atoms. The van der Waals surface area contributed by atoms with Gasteiger partial charge in [0.2, 0.25) is 0 Å². The smallest absolute Gasteiger partial charge is 0.191 e. The van der Waals surface area contributed by atoms with Crippen LogP contribution >= 0.6 is 23.1 Å². The summed E-state index contributed by atoms with van der Waals surface area (Å²) in [6.07, 6.45) is 4.07. The van der Waals surface area contributed by atoms with Crippen LogP contribution in [-0.2, 0) is 12.8 Å². The summed E-state index contributed by atoms with van der Waals surface area (Å²) in [6, 6.07) is 8.15. The molecule has 0 aliphatic rings. The first kappa shape index (κ1) is 14.5. The zero-order valence-corrected chi connectivity index (χ0v) is 14.4. The van der Waals surface area contributed by atoms with Gasteiger partial charge in [0.15, 0.2) is 11.0 Å². The van der Waals surface area contributed by atoms with E-state index in [9.17, 15) is 0 Å². The predicted molar refractivity (Wildman–Crippen MR) is 93.8 cm³/mol. The molecule has 4 rings (SSSR count). The first-order chi connectivity index (χ1) is 11.2. The summed E-state index contributed by atoms with van der Waals surface area (Å²) < 4.78 is 4.08. The molecular weight excluding hydrogens is 326 g/mol. The van der Waals surface area contributed by atoms with E-state index in [2.05, 4.69) is 39.7 Å². The molecule has 7 heteroatoms. The second kappa shape index (κ2) is 5.82. The zero-order valence-electron chi connectivity index (χ0n) is 12.8. The number of imidazole rings is 1. The molecule has 0 radical (unpaired) electrons. The van der Waals surface area contributed by atoms with Crippen molar-refractivity contribution in [3.8, 4) is 11.4 Å². The van der Waals surface area contributed by atoms with Crippen LogP contribution in [0.3, 0.4) is 0 Å². The van der Waals surface area contributed by atoms with Crippen molar-refractivity contribution in [3.63, 3.8) is 0 Å². The lowest BCUT2D eigenvalue weighted by molar-refractivity contribution is 0.793. The first-order valence-corrected chi connectivity index (χ1v) is 9.07. The fourth-order valence-electron chi connectivity index (χ4n) is 2.45. The third-order valence-electron chi connectivity index (χ3n) is 3.59. The third-order valence-corrected chi connectivity index (χ3v) is 5.50. The fraction of sp³-hybridized carbons (Fsp3) is 0.188. The number of rotatable bonds is 4. The van der Waals surface area contributed by atoms with Gasteiger partial charge in [0.1, 0.15) is 5.65 Å². The average molecular weight is 341 g/mol. The standard InChI is InChI=1S/C16H15N5S2/c1-11-7-12(9-22-11)15-18-19-16(20(15)2)23-10-13-8-21-6-4-3-5-14(21)17-13/h3-9H,10H2,1-2H3. The number of nitrogens with zero attached hydrogens (tertiary/aromatic N) is 5. The van der Waals surface area contributed by atoms with Gasteiger partial charge in [-0.05, 0) is 25.1 Å². The molecule has 0 spiro atoms. The number of thiophene rings is 1. The summed E-state index contributed by atoms with van der Waals surface area (Å²) in [5.74, 6) is 1.68. The van der Waals surface area contributed by atoms with Crippen molar-refractivity contribution < 1.29 is 0 Å². The Morgan fingerprint density at radius 3 is 2.96 bits per heavy atom. The van der Waals surface area contributed by atoms with E-state index in [1.54, 1.807) is 23.1 Å². The molecule has 0 unspecified atom stereocenters. The molecule has 4 heterocycles. The molecule has 0 aromatic carbocycles. The lowest BCUT2D eigenvalue weighted by Gasteiger charge is -2.01. The normalized spacial score (nSPS) is 11.4. The van der Waals surface area contributed by atoms with E-state index in [0.29, 0.717) is 0 Å². The minimum atomic E-state index is 0.774. The molecule has 0 aliphatic heterocycles. The Morgan fingerprint density at radius 2 is 2.17 bits per heavy atom. The molecule has 0 saturated heterocycles. The van der Waals surface area contributed by atoms with Gasteiger partial charge in [-0.2, -0.15) is 0 Å². The highest BCUT2D eigenvalue weighted by molar-refractivity contribution is 7.98. The third kappa shape index (κ3) is 2.77. The van der Waals surface area contributed by atoms with Crippen LogP contribution in [0.1, 0.15) is 10.6 Å². The van der Waals surface area contributed by atoms with Crippen LogP contribution in [0.25, 0.3) is 17.0 Å². The summed E-state index contributed by atoms with van der Waals surface area (Å²) in [7, 11) is 2.01. The van der Waals surface area contributed by atoms with Crippen molar-refractivity contribution in [2.45, 2.75) is 17.8 Å². The van der Waals surface area contributed by atoms with E-state index < -0.39 is 0 Å². The van der Waals surface area contributed by atoms with E-state index >= 15 is 0 Å². The predicted octanol–water partition coefficient (Wildman–Crippen LogP) is 3.79. The van der Waals surface area contributed by atoms with Gasteiger partial charge in [0.25, 0.3) is 0 Å². The maximum absolute atomic E-state index is 4.61. The highest BCUT2D eigenvalue weighted by atomic mass is 32.2. The van der Waals surface area contributed by atoms with Crippen molar-refractivity contribution in [2.24, 2.45) is 7.05 Å². The largest absolute Gasteiger partial charge is 0.307 e. The summed E-state index contributed by atoms with van der Waals surface area (Å²) in [5.41, 5.74) is 3.13. The highest BCUT2D eigenvalue weighted by Crippen LogP contribution is 2.27. The van der Waals surface area contributed by atoms with E-state index in [1.807, 2.05) is 40.4 Å². The molecule has 4 aromatic rings. The van der Waals surface area contributed by atoms with Crippen LogP contribution in [0.4, 0.5) is 0 Å². The van der Waals surface area contributed by atoms with Crippen LogP contribution in [0.15, 0.2) is 47.2 Å². The maximum atomic E-state index is 4.61. The quantitative estimate of drug-likeness (QED) is 0.530. The molecule has 4 aromatic heterocycles. The molecule has 0 amide bonds. The van der Waals surface area contributed by atoms with Crippen LogP contribution in [0, 0.1) is 6.92 Å². The Bertz CT molecular complexity index is 933. The Labute approximate surface area is 142 Å². The van der Waals surface area contributed by atoms with Crippen molar-refractivity contribution >= 4 is 28.7 Å². The zero-order chi connectivity index (χ0) is 15.8. The molecule has 0 N–H and O–H groups in total. The van der Waals surface area contributed by atoms with Gasteiger partial charge >= 0.3 is 0 Å². The second-order valence-electron chi connectivity index (χ2n) is 5.30. The Balaban J connectivity index is 1.54. The van der Waals surface area contributed by atoms with E-state index in [1.165, 1.54) is 4.88 Å². The average Bonchev–Trinajstić information content (AvgIpc) is 3.23. The topological polar surface area (TPSA) is 48.0 Å². The molecule has 0 atom stereocenters. The maximum Gasteiger partial charge on any atom is 0.191 e. The molecule has 0 fully saturated rings. The SMILES string of the molecule is Cc1cc(-c2nnc(SCc3cn4ccccc4n3)n2C)cs1. The summed E-state index contributed by atoms with van der Waals surface area (Å²) in [6.45, 7) is 2.10. The van der Waals surface area contributed by atoms with Crippen LogP contribution in [-0.4, -0.2) is 24.1 Å². The number of hydrogen-bond acceptors (Lipinski definition) is 5. The van der Waals surface area contributed by atoms with Gasteiger partial charge in [0, 0.05) is 41.0 Å². The van der Waals surface area contributed by atoms with Crippen LogP contribution in [0.5, 0.6) is 0 Å². The Morgan fingerprint density at radius 1 is 1.26 bits per heavy atom. The van der Waals surface area contributed by atoms with Crippen LogP contribution < -0.4 is 0 Å². The number of hydrogen-bond donors (Lipinski definition) is 0. The van der Waals surface area contributed by atoms with Crippen molar-refractivity contribution in [1.29, 1.82) is 0 Å². The fourth-order valence-corrected chi connectivity index (χ4v) is 3.92. The molecule has 5 nitrogen and oxygen atoms in total. The molecule has 0 aliphatic carbocycles. The van der Waals surface area contributed by atoms with E-state index in [-0.39, 0.29) is 0 Å².